The minimum Gasteiger partial charge on any atom is -0.348 e. The lowest BCUT2D eigenvalue weighted by Gasteiger charge is -2.39. The van der Waals surface area contributed by atoms with Crippen LogP contribution in [-0.4, -0.2) is 60.8 Å². The van der Waals surface area contributed by atoms with Crippen molar-refractivity contribution >= 4 is 5.78 Å². The summed E-state index contributed by atoms with van der Waals surface area (Å²) >= 11 is 0. The zero-order valence-corrected chi connectivity index (χ0v) is 21.5. The van der Waals surface area contributed by atoms with E-state index in [0.717, 1.165) is 64.8 Å². The van der Waals surface area contributed by atoms with Gasteiger partial charge in [-0.2, -0.15) is 0 Å². The van der Waals surface area contributed by atoms with Crippen LogP contribution in [0, 0.1) is 0 Å². The molecule has 0 atom stereocenters. The Morgan fingerprint density at radius 3 is 1.60 bits per heavy atom. The molecule has 2 saturated carbocycles. The fraction of sp³-hybridized carbons (Fsp3) is 0.567. The third-order valence-electron chi connectivity index (χ3n) is 7.84. The normalized spacial score (nSPS) is 20.9. The van der Waals surface area contributed by atoms with E-state index in [2.05, 4.69) is 78.5 Å². The average molecular weight is 479 g/mol. The van der Waals surface area contributed by atoms with Crippen LogP contribution in [0.5, 0.6) is 0 Å². The molecule has 0 N–H and O–H groups in total. The van der Waals surface area contributed by atoms with Gasteiger partial charge in [-0.05, 0) is 50.9 Å². The Labute approximate surface area is 211 Å². The molecule has 1 saturated heterocycles. The van der Waals surface area contributed by atoms with Crippen molar-refractivity contribution in [1.82, 2.24) is 9.80 Å². The van der Waals surface area contributed by atoms with Gasteiger partial charge in [-0.25, -0.2) is 0 Å². The van der Waals surface area contributed by atoms with E-state index in [9.17, 15) is 4.79 Å². The molecule has 0 aromatic heterocycles. The first-order chi connectivity index (χ1) is 17.0. The molecule has 5 heteroatoms. The molecule has 35 heavy (non-hydrogen) atoms. The van der Waals surface area contributed by atoms with Gasteiger partial charge in [-0.1, -0.05) is 60.7 Å². The Morgan fingerprint density at radius 2 is 1.14 bits per heavy atom. The van der Waals surface area contributed by atoms with Gasteiger partial charge in [0.05, 0.1) is 13.2 Å². The van der Waals surface area contributed by atoms with Crippen LogP contribution >= 0.6 is 0 Å². The molecule has 2 aliphatic carbocycles. The zero-order chi connectivity index (χ0) is 24.5. The summed E-state index contributed by atoms with van der Waals surface area (Å²) in [4.78, 5) is 16.0. The fourth-order valence-electron chi connectivity index (χ4n) is 5.64. The maximum Gasteiger partial charge on any atom is 0.168 e. The molecule has 1 spiro atoms. The van der Waals surface area contributed by atoms with Gasteiger partial charge in [-0.15, -0.1) is 0 Å². The summed E-state index contributed by atoms with van der Waals surface area (Å²) < 4.78 is 11.6. The van der Waals surface area contributed by atoms with E-state index in [1.165, 1.54) is 24.0 Å². The second kappa shape index (κ2) is 12.8. The molecule has 2 aromatic carbocycles. The summed E-state index contributed by atoms with van der Waals surface area (Å²) in [6.45, 7) is 3.55. The lowest BCUT2D eigenvalue weighted by atomic mass is 9.89. The molecule has 190 valence electrons. The SMILES string of the molecule is CN(Cc1ccccc1)C1CCC(=O)CC1.CN(Cc1ccccc1)C1CCC2(CC1)OCCO2. The van der Waals surface area contributed by atoms with Gasteiger partial charge >= 0.3 is 0 Å². The van der Waals surface area contributed by atoms with Crippen molar-refractivity contribution in [2.75, 3.05) is 27.3 Å². The predicted molar refractivity (Wildman–Crippen MR) is 140 cm³/mol. The van der Waals surface area contributed by atoms with Crippen LogP contribution in [0.25, 0.3) is 0 Å². The van der Waals surface area contributed by atoms with E-state index in [1.54, 1.807) is 0 Å². The lowest BCUT2D eigenvalue weighted by Crippen LogP contribution is -2.42. The van der Waals surface area contributed by atoms with Crippen molar-refractivity contribution in [3.63, 3.8) is 0 Å². The quantitative estimate of drug-likeness (QED) is 0.553. The Morgan fingerprint density at radius 1 is 0.714 bits per heavy atom. The van der Waals surface area contributed by atoms with E-state index in [4.69, 9.17) is 9.47 Å². The first-order valence-corrected chi connectivity index (χ1v) is 13.3. The Hall–Kier alpha value is -2.05. The van der Waals surface area contributed by atoms with Crippen LogP contribution in [0.15, 0.2) is 60.7 Å². The van der Waals surface area contributed by atoms with Crippen LogP contribution in [0.1, 0.15) is 62.5 Å². The predicted octanol–water partition coefficient (Wildman–Crippen LogP) is 5.43. The molecule has 0 unspecified atom stereocenters. The number of hydrogen-bond acceptors (Lipinski definition) is 5. The largest absolute Gasteiger partial charge is 0.348 e. The van der Waals surface area contributed by atoms with Crippen LogP contribution in [0.2, 0.25) is 0 Å². The molecule has 0 amide bonds. The summed E-state index contributed by atoms with van der Waals surface area (Å²) in [5.74, 6) is 0.203. The van der Waals surface area contributed by atoms with Crippen LogP contribution in [0.3, 0.4) is 0 Å². The number of ether oxygens (including phenoxy) is 2. The minimum absolute atomic E-state index is 0.232. The summed E-state index contributed by atoms with van der Waals surface area (Å²) in [7, 11) is 4.39. The van der Waals surface area contributed by atoms with Gasteiger partial charge in [0.15, 0.2) is 5.79 Å². The Balaban J connectivity index is 0.000000168. The second-order valence-electron chi connectivity index (χ2n) is 10.4. The van der Waals surface area contributed by atoms with E-state index in [0.29, 0.717) is 17.9 Å². The van der Waals surface area contributed by atoms with Gasteiger partial charge in [0.2, 0.25) is 0 Å². The number of carbonyl (C=O) groups excluding carboxylic acids is 1. The molecule has 1 aliphatic heterocycles. The van der Waals surface area contributed by atoms with Crippen molar-refractivity contribution in [2.24, 2.45) is 0 Å². The number of carbonyl (C=O) groups is 1. The number of ketones is 1. The average Bonchev–Trinajstić information content (AvgIpc) is 3.34. The van der Waals surface area contributed by atoms with Gasteiger partial charge in [0.1, 0.15) is 5.78 Å². The molecule has 0 radical (unpaired) electrons. The third-order valence-corrected chi connectivity index (χ3v) is 7.84. The number of nitrogens with zero attached hydrogens (tertiary/aromatic N) is 2. The highest BCUT2D eigenvalue weighted by atomic mass is 16.7. The van der Waals surface area contributed by atoms with Gasteiger partial charge in [-0.3, -0.25) is 14.6 Å². The Bertz CT molecular complexity index is 878. The molecule has 1 heterocycles. The van der Waals surface area contributed by atoms with E-state index >= 15 is 0 Å². The van der Waals surface area contributed by atoms with E-state index in [1.807, 2.05) is 6.07 Å². The van der Waals surface area contributed by atoms with Crippen LogP contribution < -0.4 is 0 Å². The molecule has 3 aliphatic rings. The molecule has 3 fully saturated rings. The van der Waals surface area contributed by atoms with Crippen LogP contribution in [-0.2, 0) is 27.4 Å². The highest BCUT2D eigenvalue weighted by Crippen LogP contribution is 2.37. The van der Waals surface area contributed by atoms with Crippen LogP contribution in [0.4, 0.5) is 0 Å². The van der Waals surface area contributed by atoms with Crippen molar-refractivity contribution < 1.29 is 14.3 Å². The molecular weight excluding hydrogens is 436 g/mol. The van der Waals surface area contributed by atoms with Crippen molar-refractivity contribution in [3.8, 4) is 0 Å². The third kappa shape index (κ3) is 7.71. The molecule has 0 bridgehead atoms. The summed E-state index contributed by atoms with van der Waals surface area (Å²) in [6.07, 6.45) is 8.01. The molecule has 2 aromatic rings. The number of benzene rings is 2. The monoisotopic (exact) mass is 478 g/mol. The minimum atomic E-state index is -0.232. The second-order valence-corrected chi connectivity index (χ2v) is 10.4. The van der Waals surface area contributed by atoms with Crippen molar-refractivity contribution in [3.05, 3.63) is 71.8 Å². The number of rotatable bonds is 6. The zero-order valence-electron chi connectivity index (χ0n) is 21.5. The van der Waals surface area contributed by atoms with E-state index in [-0.39, 0.29) is 5.79 Å². The maximum atomic E-state index is 11.2. The fourth-order valence-corrected chi connectivity index (χ4v) is 5.64. The van der Waals surface area contributed by atoms with Gasteiger partial charge < -0.3 is 9.47 Å². The highest BCUT2D eigenvalue weighted by Gasteiger charge is 2.41. The lowest BCUT2D eigenvalue weighted by molar-refractivity contribution is -0.183. The molecule has 5 rings (SSSR count). The summed E-state index contributed by atoms with van der Waals surface area (Å²) in [5.41, 5.74) is 2.74. The standard InChI is InChI=1S/C16H23NO2.C14H19NO/c1-17(13-14-5-3-2-4-6-14)15-7-9-16(10-8-15)18-11-12-19-16;1-15(11-12-5-3-2-4-6-12)13-7-9-14(16)10-8-13/h2-6,15H,7-13H2,1H3;2-6,13H,7-11H2,1H3. The number of hydrogen-bond donors (Lipinski definition) is 0. The summed E-state index contributed by atoms with van der Waals surface area (Å²) in [6, 6.07) is 22.4. The smallest absolute Gasteiger partial charge is 0.168 e. The first-order valence-electron chi connectivity index (χ1n) is 13.3. The molecule has 5 nitrogen and oxygen atoms in total. The maximum absolute atomic E-state index is 11.2. The van der Waals surface area contributed by atoms with Gasteiger partial charge in [0, 0.05) is 50.9 Å². The highest BCUT2D eigenvalue weighted by molar-refractivity contribution is 5.79. The summed E-state index contributed by atoms with van der Waals surface area (Å²) in [5, 5.41) is 0. The first kappa shape index (κ1) is 26.0. The van der Waals surface area contributed by atoms with Crippen molar-refractivity contribution in [1.29, 1.82) is 0 Å². The van der Waals surface area contributed by atoms with Gasteiger partial charge in [0.25, 0.3) is 0 Å². The number of Topliss-reactive ketones (excluding diaryl/α,β-unsaturated/α-hetero) is 1. The topological polar surface area (TPSA) is 42.0 Å². The Kier molecular flexibility index (Phi) is 9.50. The molecular formula is C30H42N2O3. The van der Waals surface area contributed by atoms with E-state index < -0.39 is 0 Å². The van der Waals surface area contributed by atoms with Crippen molar-refractivity contribution in [2.45, 2.75) is 82.3 Å².